The lowest BCUT2D eigenvalue weighted by Gasteiger charge is -2.43. The van der Waals surface area contributed by atoms with Crippen LogP contribution in [0.25, 0.3) is 21.3 Å². The molecule has 2 aromatic heterocycles. The molecule has 1 unspecified atom stereocenters. The molecule has 2 amide bonds. The number of nitrogens with one attached hydrogen (secondary N) is 1. The van der Waals surface area contributed by atoms with Gasteiger partial charge in [-0.3, -0.25) is 14.8 Å². The average Bonchev–Trinajstić information content (AvgIpc) is 3.38. The molecule has 2 aromatic carbocycles. The second-order valence-corrected chi connectivity index (χ2v) is 13.8. The molecule has 12 heteroatoms. The van der Waals surface area contributed by atoms with Gasteiger partial charge in [0.1, 0.15) is 22.3 Å². The van der Waals surface area contributed by atoms with Gasteiger partial charge in [0.2, 0.25) is 0 Å². The lowest BCUT2D eigenvalue weighted by molar-refractivity contribution is 0.0543. The maximum absolute atomic E-state index is 14.8. The third kappa shape index (κ3) is 6.89. The van der Waals surface area contributed by atoms with Crippen LogP contribution in [0.1, 0.15) is 61.7 Å². The van der Waals surface area contributed by atoms with Gasteiger partial charge in [0.05, 0.1) is 34.1 Å². The first kappa shape index (κ1) is 32.6. The van der Waals surface area contributed by atoms with Crippen LogP contribution < -0.4 is 10.1 Å². The maximum atomic E-state index is 14.8. The third-order valence-electron chi connectivity index (χ3n) is 8.48. The summed E-state index contributed by atoms with van der Waals surface area (Å²) >= 11 is 7.43. The SMILES string of the molecule is COc1ccc(-c2cnccn2)cc1CN(C(=O)c1sc2c(F)ccc(F)c2c1Cl)C1CCC(C(NC(=O)O)C(C)(C)C)CC1. The van der Waals surface area contributed by atoms with Crippen LogP contribution in [0.4, 0.5) is 13.6 Å². The molecule has 1 aliphatic rings. The Labute approximate surface area is 269 Å². The zero-order valence-corrected chi connectivity index (χ0v) is 27.0. The number of nitrogens with zero attached hydrogens (tertiary/aromatic N) is 3. The Balaban J connectivity index is 1.52. The van der Waals surface area contributed by atoms with Crippen molar-refractivity contribution in [3.05, 3.63) is 76.0 Å². The van der Waals surface area contributed by atoms with Crippen LogP contribution in [-0.2, 0) is 6.54 Å². The maximum Gasteiger partial charge on any atom is 0.404 e. The number of amides is 2. The van der Waals surface area contributed by atoms with Crippen LogP contribution in [0.2, 0.25) is 5.02 Å². The number of thiophene rings is 1. The number of aromatic nitrogens is 2. The van der Waals surface area contributed by atoms with Crippen molar-refractivity contribution in [3.8, 4) is 17.0 Å². The first-order valence-corrected chi connectivity index (χ1v) is 15.9. The fourth-order valence-electron chi connectivity index (χ4n) is 6.35. The number of benzene rings is 2. The Bertz CT molecular complexity index is 1700. The minimum atomic E-state index is -1.07. The second-order valence-electron chi connectivity index (χ2n) is 12.4. The lowest BCUT2D eigenvalue weighted by atomic mass is 9.72. The molecule has 2 heterocycles. The van der Waals surface area contributed by atoms with E-state index in [-0.39, 0.29) is 49.9 Å². The van der Waals surface area contributed by atoms with Gasteiger partial charge in [0.25, 0.3) is 5.91 Å². The summed E-state index contributed by atoms with van der Waals surface area (Å²) in [5.41, 5.74) is 1.84. The van der Waals surface area contributed by atoms with E-state index in [9.17, 15) is 23.5 Å². The van der Waals surface area contributed by atoms with Crippen LogP contribution in [-0.4, -0.2) is 51.2 Å². The smallest absolute Gasteiger partial charge is 0.404 e. The molecule has 4 aromatic rings. The topological polar surface area (TPSA) is 105 Å². The average molecular weight is 657 g/mol. The number of methoxy groups -OCH3 is 1. The predicted octanol–water partition coefficient (Wildman–Crippen LogP) is 8.18. The molecule has 2 N–H and O–H groups in total. The number of hydrogen-bond acceptors (Lipinski definition) is 6. The van der Waals surface area contributed by atoms with E-state index in [4.69, 9.17) is 16.3 Å². The lowest BCUT2D eigenvalue weighted by Crippen LogP contribution is -2.50. The van der Waals surface area contributed by atoms with Crippen molar-refractivity contribution < 1.29 is 28.2 Å². The molecule has 8 nitrogen and oxygen atoms in total. The Morgan fingerprint density at radius 2 is 1.84 bits per heavy atom. The number of hydrogen-bond donors (Lipinski definition) is 2. The summed E-state index contributed by atoms with van der Waals surface area (Å²) in [7, 11) is 1.55. The summed E-state index contributed by atoms with van der Waals surface area (Å²) in [5.74, 6) is -1.16. The highest BCUT2D eigenvalue weighted by Gasteiger charge is 2.39. The Kier molecular flexibility index (Phi) is 9.60. The van der Waals surface area contributed by atoms with Crippen molar-refractivity contribution in [2.24, 2.45) is 11.3 Å². The van der Waals surface area contributed by atoms with E-state index in [0.717, 1.165) is 29.0 Å². The molecule has 0 aliphatic heterocycles. The number of halogens is 3. The van der Waals surface area contributed by atoms with Gasteiger partial charge in [0.15, 0.2) is 0 Å². The fourth-order valence-corrected chi connectivity index (χ4v) is 7.85. The van der Waals surface area contributed by atoms with Crippen molar-refractivity contribution in [1.29, 1.82) is 0 Å². The summed E-state index contributed by atoms with van der Waals surface area (Å²) < 4.78 is 35.2. The van der Waals surface area contributed by atoms with Crippen LogP contribution in [0.3, 0.4) is 0 Å². The molecule has 1 aliphatic carbocycles. The monoisotopic (exact) mass is 656 g/mol. The highest BCUT2D eigenvalue weighted by atomic mass is 35.5. The van der Waals surface area contributed by atoms with Gasteiger partial charge in [0, 0.05) is 42.1 Å². The number of carbonyl (C=O) groups excluding carboxylic acids is 1. The third-order valence-corrected chi connectivity index (χ3v) is 10.2. The van der Waals surface area contributed by atoms with E-state index >= 15 is 0 Å². The summed E-state index contributed by atoms with van der Waals surface area (Å²) in [6.07, 6.45) is 6.31. The van der Waals surface area contributed by atoms with Crippen LogP contribution in [0.5, 0.6) is 5.75 Å². The zero-order chi connectivity index (χ0) is 32.5. The van der Waals surface area contributed by atoms with Crippen molar-refractivity contribution in [2.75, 3.05) is 7.11 Å². The number of carbonyl (C=O) groups is 2. The van der Waals surface area contributed by atoms with Crippen molar-refractivity contribution in [1.82, 2.24) is 20.2 Å². The summed E-state index contributed by atoms with van der Waals surface area (Å²) in [4.78, 5) is 36.3. The molecule has 1 fully saturated rings. The Morgan fingerprint density at radius 3 is 2.44 bits per heavy atom. The normalized spacial score (nSPS) is 17.6. The summed E-state index contributed by atoms with van der Waals surface area (Å²) in [6, 6.07) is 7.07. The number of carboxylic acid groups (broad SMARTS) is 1. The van der Waals surface area contributed by atoms with Crippen LogP contribution in [0.15, 0.2) is 48.9 Å². The molecule has 0 saturated heterocycles. The molecule has 0 spiro atoms. The van der Waals surface area contributed by atoms with E-state index in [0.29, 0.717) is 42.7 Å². The molecule has 238 valence electrons. The van der Waals surface area contributed by atoms with Gasteiger partial charge < -0.3 is 20.1 Å². The molecular formula is C33H35ClF2N4O4S. The first-order chi connectivity index (χ1) is 21.4. The molecule has 1 atom stereocenters. The minimum absolute atomic E-state index is 0.0120. The first-order valence-electron chi connectivity index (χ1n) is 14.7. The number of ether oxygens (including phenoxy) is 1. The molecule has 5 rings (SSSR count). The Morgan fingerprint density at radius 1 is 1.13 bits per heavy atom. The standard InChI is InChI=1S/C33H35ClF2N4O4S/c1-33(2,3)30(39-32(42)43)18-5-8-21(9-6-18)40(31(41)29-27(34)26-22(35)10-11-23(36)28(26)45-29)17-20-15-19(7-12-25(20)44-4)24-16-37-13-14-38-24/h7,10-16,18,21,30,39H,5-6,8-9,17H2,1-4H3,(H,42,43). The van der Waals surface area contributed by atoms with E-state index in [1.807, 2.05) is 39.0 Å². The van der Waals surface area contributed by atoms with E-state index in [2.05, 4.69) is 15.3 Å². The van der Waals surface area contributed by atoms with E-state index < -0.39 is 23.6 Å². The van der Waals surface area contributed by atoms with E-state index in [1.54, 1.807) is 30.6 Å². The molecule has 45 heavy (non-hydrogen) atoms. The van der Waals surface area contributed by atoms with Crippen molar-refractivity contribution in [2.45, 2.75) is 65.1 Å². The van der Waals surface area contributed by atoms with Gasteiger partial charge in [-0.1, -0.05) is 32.4 Å². The predicted molar refractivity (Wildman–Crippen MR) is 171 cm³/mol. The van der Waals surface area contributed by atoms with Gasteiger partial charge in [-0.25, -0.2) is 13.6 Å². The van der Waals surface area contributed by atoms with Crippen molar-refractivity contribution >= 4 is 45.0 Å². The molecule has 0 bridgehead atoms. The number of rotatable bonds is 8. The second kappa shape index (κ2) is 13.3. The quantitative estimate of drug-likeness (QED) is 0.198. The van der Waals surface area contributed by atoms with Crippen LogP contribution >= 0.6 is 22.9 Å². The summed E-state index contributed by atoms with van der Waals surface area (Å²) in [6.45, 7) is 6.16. The van der Waals surface area contributed by atoms with Gasteiger partial charge in [-0.15, -0.1) is 11.3 Å². The fraction of sp³-hybridized carbons (Fsp3) is 0.394. The molecular weight excluding hydrogens is 622 g/mol. The van der Waals surface area contributed by atoms with Gasteiger partial charge >= 0.3 is 6.09 Å². The highest BCUT2D eigenvalue weighted by molar-refractivity contribution is 7.21. The van der Waals surface area contributed by atoms with Crippen molar-refractivity contribution in [3.63, 3.8) is 0 Å². The minimum Gasteiger partial charge on any atom is -0.496 e. The molecule has 1 saturated carbocycles. The van der Waals surface area contributed by atoms with Gasteiger partial charge in [-0.05, 0) is 67.3 Å². The zero-order valence-electron chi connectivity index (χ0n) is 25.4. The highest BCUT2D eigenvalue weighted by Crippen LogP contribution is 2.42. The van der Waals surface area contributed by atoms with E-state index in [1.165, 1.54) is 0 Å². The summed E-state index contributed by atoms with van der Waals surface area (Å²) in [5, 5.41) is 12.0. The van der Waals surface area contributed by atoms with Crippen LogP contribution in [0, 0.1) is 23.0 Å². The van der Waals surface area contributed by atoms with Gasteiger partial charge in [-0.2, -0.15) is 0 Å². The largest absolute Gasteiger partial charge is 0.496 e. The Hall–Kier alpha value is -3.83. The molecule has 0 radical (unpaired) electrons. The number of fused-ring (bicyclic) bond motifs is 1.